The zero-order valence-corrected chi connectivity index (χ0v) is 18.1. The van der Waals surface area contributed by atoms with Crippen LogP contribution >= 0.6 is 34.8 Å². The van der Waals surface area contributed by atoms with Gasteiger partial charge in [-0.05, 0) is 19.3 Å². The summed E-state index contributed by atoms with van der Waals surface area (Å²) in [5.74, 6) is -0.640. The van der Waals surface area contributed by atoms with Crippen molar-refractivity contribution in [3.05, 3.63) is 0 Å². The fraction of sp³-hybridized carbons (Fsp3) is 0.895. The zero-order valence-electron chi connectivity index (χ0n) is 15.9. The highest BCUT2D eigenvalue weighted by atomic mass is 35.6. The molecular weight excluding hydrogens is 399 g/mol. The number of unbranched alkanes of at least 4 members (excludes halogenated alkanes) is 9. The van der Waals surface area contributed by atoms with E-state index in [1.807, 2.05) is 0 Å². The maximum absolute atomic E-state index is 11.6. The molecule has 26 heavy (non-hydrogen) atoms. The van der Waals surface area contributed by atoms with Gasteiger partial charge in [-0.25, -0.2) is 0 Å². The van der Waals surface area contributed by atoms with Crippen molar-refractivity contribution in [2.24, 2.45) is 0 Å². The molecule has 0 unspecified atom stereocenters. The molecule has 0 rings (SSSR count). The maximum Gasteiger partial charge on any atom is 0.305 e. The normalized spacial score (nSPS) is 11.4. The number of alkyl halides is 3. The van der Waals surface area contributed by atoms with Crippen LogP contribution in [0.2, 0.25) is 0 Å². The molecule has 0 spiro atoms. The Morgan fingerprint density at radius 1 is 0.692 bits per heavy atom. The minimum Gasteiger partial charge on any atom is -0.466 e. The second-order valence-electron chi connectivity index (χ2n) is 6.53. The van der Waals surface area contributed by atoms with Crippen molar-refractivity contribution in [2.75, 3.05) is 13.2 Å². The van der Waals surface area contributed by atoms with Crippen LogP contribution in [0.5, 0.6) is 0 Å². The van der Waals surface area contributed by atoms with Crippen LogP contribution in [0, 0.1) is 0 Å². The number of hydrogen-bond acceptors (Lipinski definition) is 4. The van der Waals surface area contributed by atoms with Gasteiger partial charge < -0.3 is 9.47 Å². The Labute approximate surface area is 173 Å². The van der Waals surface area contributed by atoms with Crippen molar-refractivity contribution in [1.82, 2.24) is 0 Å². The van der Waals surface area contributed by atoms with Crippen LogP contribution in [0.1, 0.15) is 90.4 Å². The van der Waals surface area contributed by atoms with Gasteiger partial charge in [-0.15, -0.1) is 0 Å². The lowest BCUT2D eigenvalue weighted by Gasteiger charge is -2.11. The summed E-state index contributed by atoms with van der Waals surface area (Å²) in [7, 11) is 0. The number of hydrogen-bond donors (Lipinski definition) is 0. The molecule has 0 fully saturated rings. The lowest BCUT2D eigenvalue weighted by molar-refractivity contribution is -0.145. The third kappa shape index (κ3) is 20.1. The van der Waals surface area contributed by atoms with Crippen LogP contribution in [0.25, 0.3) is 0 Å². The molecule has 0 saturated carbocycles. The first-order chi connectivity index (χ1) is 12.3. The number of esters is 2. The average Bonchev–Trinajstić information content (AvgIpc) is 2.58. The predicted molar refractivity (Wildman–Crippen MR) is 108 cm³/mol. The fourth-order valence-electron chi connectivity index (χ4n) is 2.44. The Morgan fingerprint density at radius 2 is 1.15 bits per heavy atom. The summed E-state index contributed by atoms with van der Waals surface area (Å²) in [5, 5.41) is 0. The summed E-state index contributed by atoms with van der Waals surface area (Å²) >= 11 is 16.5. The summed E-state index contributed by atoms with van der Waals surface area (Å²) in [5.41, 5.74) is 0. The lowest BCUT2D eigenvalue weighted by atomic mass is 10.1. The molecule has 0 aliphatic rings. The SMILES string of the molecule is CCCCCCCCCCCOC(=O)CCCCC(=O)OCC(Cl)(Cl)Cl. The van der Waals surface area contributed by atoms with Crippen molar-refractivity contribution in [3.8, 4) is 0 Å². The summed E-state index contributed by atoms with van der Waals surface area (Å²) in [6.45, 7) is 2.45. The van der Waals surface area contributed by atoms with E-state index in [4.69, 9.17) is 44.3 Å². The van der Waals surface area contributed by atoms with Crippen molar-refractivity contribution >= 4 is 46.7 Å². The molecule has 0 N–H and O–H groups in total. The largest absolute Gasteiger partial charge is 0.466 e. The van der Waals surface area contributed by atoms with Crippen LogP contribution < -0.4 is 0 Å². The van der Waals surface area contributed by atoms with E-state index in [2.05, 4.69) is 6.92 Å². The van der Waals surface area contributed by atoms with Crippen LogP contribution in [0.4, 0.5) is 0 Å². The third-order valence-corrected chi connectivity index (χ3v) is 4.25. The van der Waals surface area contributed by atoms with Crippen molar-refractivity contribution in [1.29, 1.82) is 0 Å². The van der Waals surface area contributed by atoms with E-state index in [1.165, 1.54) is 44.9 Å². The first-order valence-electron chi connectivity index (χ1n) is 9.73. The number of ether oxygens (including phenoxy) is 2. The van der Waals surface area contributed by atoms with E-state index in [-0.39, 0.29) is 19.0 Å². The Kier molecular flexibility index (Phi) is 16.8. The highest BCUT2D eigenvalue weighted by molar-refractivity contribution is 6.67. The molecule has 7 heteroatoms. The second kappa shape index (κ2) is 16.9. The van der Waals surface area contributed by atoms with Gasteiger partial charge in [-0.3, -0.25) is 9.59 Å². The van der Waals surface area contributed by atoms with Gasteiger partial charge in [0, 0.05) is 12.8 Å². The fourth-order valence-corrected chi connectivity index (χ4v) is 2.61. The molecule has 154 valence electrons. The number of carbonyl (C=O) groups is 2. The molecule has 0 aliphatic heterocycles. The smallest absolute Gasteiger partial charge is 0.305 e. The van der Waals surface area contributed by atoms with Gasteiger partial charge >= 0.3 is 11.9 Å². The summed E-state index contributed by atoms with van der Waals surface area (Å²) in [6, 6.07) is 0. The molecule has 0 amide bonds. The van der Waals surface area contributed by atoms with E-state index in [1.54, 1.807) is 0 Å². The molecular formula is C19H33Cl3O4. The van der Waals surface area contributed by atoms with Crippen LogP contribution in [0.15, 0.2) is 0 Å². The van der Waals surface area contributed by atoms with Gasteiger partial charge in [-0.2, -0.15) is 0 Å². The maximum atomic E-state index is 11.6. The molecule has 0 aromatic rings. The Morgan fingerprint density at radius 3 is 1.65 bits per heavy atom. The lowest BCUT2D eigenvalue weighted by Crippen LogP contribution is -2.17. The van der Waals surface area contributed by atoms with E-state index in [9.17, 15) is 9.59 Å². The molecule has 0 aromatic heterocycles. The standard InChI is InChI=1S/C19H33Cl3O4/c1-2-3-4-5-6-7-8-9-12-15-25-17(23)13-10-11-14-18(24)26-16-19(20,21)22/h2-16H2,1H3. The Hall–Kier alpha value is -0.190. The quantitative estimate of drug-likeness (QED) is 0.158. The second-order valence-corrected chi connectivity index (χ2v) is 9.05. The average molecular weight is 432 g/mol. The number of carbonyl (C=O) groups excluding carboxylic acids is 2. The zero-order chi connectivity index (χ0) is 19.7. The van der Waals surface area contributed by atoms with Gasteiger partial charge in [-0.1, -0.05) is 93.1 Å². The molecule has 0 bridgehead atoms. The van der Waals surface area contributed by atoms with Gasteiger partial charge in [0.2, 0.25) is 3.79 Å². The summed E-state index contributed by atoms with van der Waals surface area (Å²) in [4.78, 5) is 23.0. The highest BCUT2D eigenvalue weighted by Crippen LogP contribution is 2.26. The Bertz CT molecular complexity index is 370. The first-order valence-corrected chi connectivity index (χ1v) is 10.9. The van der Waals surface area contributed by atoms with Crippen LogP contribution in [0.3, 0.4) is 0 Å². The van der Waals surface area contributed by atoms with E-state index in [0.29, 0.717) is 25.9 Å². The third-order valence-electron chi connectivity index (χ3n) is 3.92. The molecule has 0 aromatic carbocycles. The predicted octanol–water partition coefficient (Wildman–Crippen LogP) is 6.53. The molecule has 0 radical (unpaired) electrons. The molecule has 4 nitrogen and oxygen atoms in total. The van der Waals surface area contributed by atoms with Gasteiger partial charge in [0.15, 0.2) is 0 Å². The van der Waals surface area contributed by atoms with Crippen LogP contribution in [-0.4, -0.2) is 28.9 Å². The van der Waals surface area contributed by atoms with Gasteiger partial charge in [0.05, 0.1) is 6.61 Å². The topological polar surface area (TPSA) is 52.6 Å². The summed E-state index contributed by atoms with van der Waals surface area (Å²) < 4.78 is 8.41. The Balaban J connectivity index is 3.36. The number of rotatable bonds is 16. The van der Waals surface area contributed by atoms with Gasteiger partial charge in [0.25, 0.3) is 0 Å². The minimum absolute atomic E-state index is 0.201. The van der Waals surface area contributed by atoms with Crippen molar-refractivity contribution in [2.45, 2.75) is 94.2 Å². The molecule has 0 atom stereocenters. The van der Waals surface area contributed by atoms with Crippen LogP contribution in [-0.2, 0) is 19.1 Å². The van der Waals surface area contributed by atoms with Gasteiger partial charge in [0.1, 0.15) is 6.61 Å². The van der Waals surface area contributed by atoms with Crippen molar-refractivity contribution in [3.63, 3.8) is 0 Å². The number of halogens is 3. The highest BCUT2D eigenvalue weighted by Gasteiger charge is 2.21. The molecule has 0 saturated heterocycles. The monoisotopic (exact) mass is 430 g/mol. The molecule has 0 heterocycles. The van der Waals surface area contributed by atoms with E-state index >= 15 is 0 Å². The van der Waals surface area contributed by atoms with E-state index < -0.39 is 9.76 Å². The molecule has 0 aliphatic carbocycles. The summed E-state index contributed by atoms with van der Waals surface area (Å²) in [6.07, 6.45) is 12.8. The first kappa shape index (κ1) is 25.8. The van der Waals surface area contributed by atoms with E-state index in [0.717, 1.165) is 12.8 Å². The van der Waals surface area contributed by atoms with Crippen molar-refractivity contribution < 1.29 is 19.1 Å². The minimum atomic E-state index is -1.59.